The molecule has 0 amide bonds. The lowest BCUT2D eigenvalue weighted by Crippen LogP contribution is -2.15. The van der Waals surface area contributed by atoms with Gasteiger partial charge in [0.1, 0.15) is 22.7 Å². The van der Waals surface area contributed by atoms with Crippen LogP contribution in [0.25, 0.3) is 21.7 Å². The van der Waals surface area contributed by atoms with E-state index in [9.17, 15) is 4.79 Å². The molecule has 0 fully saturated rings. The van der Waals surface area contributed by atoms with Crippen LogP contribution in [0.5, 0.6) is 0 Å². The number of thiophene rings is 1. The summed E-state index contributed by atoms with van der Waals surface area (Å²) in [6.45, 7) is 2.23. The average Bonchev–Trinajstić information content (AvgIpc) is 2.92. The van der Waals surface area contributed by atoms with Crippen molar-refractivity contribution < 1.29 is 0 Å². The van der Waals surface area contributed by atoms with Gasteiger partial charge < -0.3 is 10.7 Å². The highest BCUT2D eigenvalue weighted by Crippen LogP contribution is 2.37. The van der Waals surface area contributed by atoms with Crippen molar-refractivity contribution >= 4 is 27.4 Å². The van der Waals surface area contributed by atoms with Crippen molar-refractivity contribution in [3.8, 4) is 11.5 Å². The number of hydrogen-bond donors (Lipinski definition) is 2. The second-order valence-corrected chi connectivity index (χ2v) is 7.03. The zero-order valence-corrected chi connectivity index (χ0v) is 13.6. The van der Waals surface area contributed by atoms with E-state index >= 15 is 0 Å². The molecule has 3 aromatic rings. The standard InChI is InChI=1S/C16H17N5OS/c1-2-8-3-4-9-11(5-8)23-16-13(9)15(22)20-14(21-16)10-6-12(17)19-7-18-10/h6-8H,2-5H2,1H3,(H2,17,18,19)(H,20,21,22). The fraction of sp³-hybridized carbons (Fsp3) is 0.375. The molecule has 1 unspecified atom stereocenters. The SMILES string of the molecule is CCC1CCc2c(sc3nc(-c4cc(N)ncn4)[nH]c(=O)c23)C1. The quantitative estimate of drug-likeness (QED) is 0.754. The van der Waals surface area contributed by atoms with Gasteiger partial charge in [-0.15, -0.1) is 11.3 Å². The molecule has 0 bridgehead atoms. The van der Waals surface area contributed by atoms with E-state index in [2.05, 4.69) is 26.9 Å². The summed E-state index contributed by atoms with van der Waals surface area (Å²) < 4.78 is 0. The highest BCUT2D eigenvalue weighted by molar-refractivity contribution is 7.18. The van der Waals surface area contributed by atoms with Gasteiger partial charge in [0.2, 0.25) is 0 Å². The van der Waals surface area contributed by atoms with E-state index in [-0.39, 0.29) is 5.56 Å². The van der Waals surface area contributed by atoms with E-state index in [1.165, 1.54) is 23.2 Å². The molecule has 6 nitrogen and oxygen atoms in total. The minimum Gasteiger partial charge on any atom is -0.384 e. The molecular formula is C16H17N5OS. The molecule has 1 aliphatic carbocycles. The smallest absolute Gasteiger partial charge is 0.260 e. The predicted octanol–water partition coefficient (Wildman–Crippen LogP) is 2.54. The summed E-state index contributed by atoms with van der Waals surface area (Å²) in [6, 6.07) is 1.62. The van der Waals surface area contributed by atoms with Gasteiger partial charge in [-0.1, -0.05) is 13.3 Å². The molecule has 0 saturated carbocycles. The number of nitrogens with one attached hydrogen (secondary N) is 1. The molecular weight excluding hydrogens is 310 g/mol. The molecule has 0 aromatic carbocycles. The molecule has 118 valence electrons. The summed E-state index contributed by atoms with van der Waals surface area (Å²) >= 11 is 1.64. The molecule has 23 heavy (non-hydrogen) atoms. The number of aromatic amines is 1. The molecule has 1 atom stereocenters. The number of aromatic nitrogens is 4. The maximum absolute atomic E-state index is 12.6. The van der Waals surface area contributed by atoms with Gasteiger partial charge in [0.15, 0.2) is 5.82 Å². The molecule has 3 aromatic heterocycles. The number of nitrogen functional groups attached to an aromatic ring is 1. The van der Waals surface area contributed by atoms with Gasteiger partial charge in [-0.25, -0.2) is 15.0 Å². The minimum atomic E-state index is -0.0883. The highest BCUT2D eigenvalue weighted by atomic mass is 32.1. The normalized spacial score (nSPS) is 17.3. The lowest BCUT2D eigenvalue weighted by Gasteiger charge is -2.20. The van der Waals surface area contributed by atoms with Crippen LogP contribution in [0.3, 0.4) is 0 Å². The van der Waals surface area contributed by atoms with Crippen LogP contribution >= 0.6 is 11.3 Å². The first kappa shape index (κ1) is 14.3. The topological polar surface area (TPSA) is 97.5 Å². The van der Waals surface area contributed by atoms with Crippen molar-refractivity contribution in [2.24, 2.45) is 5.92 Å². The number of nitrogens with two attached hydrogens (primary N) is 1. The number of hydrogen-bond acceptors (Lipinski definition) is 6. The van der Waals surface area contributed by atoms with Gasteiger partial charge in [-0.3, -0.25) is 4.79 Å². The Bertz CT molecular complexity index is 945. The molecule has 0 saturated heterocycles. The van der Waals surface area contributed by atoms with Crippen LogP contribution < -0.4 is 11.3 Å². The van der Waals surface area contributed by atoms with E-state index in [0.717, 1.165) is 35.4 Å². The van der Waals surface area contributed by atoms with Gasteiger partial charge in [-0.05, 0) is 30.7 Å². The Morgan fingerprint density at radius 3 is 3.09 bits per heavy atom. The zero-order valence-electron chi connectivity index (χ0n) is 12.8. The van der Waals surface area contributed by atoms with Gasteiger partial charge in [-0.2, -0.15) is 0 Å². The third kappa shape index (κ3) is 2.41. The fourth-order valence-corrected chi connectivity index (χ4v) is 4.56. The predicted molar refractivity (Wildman–Crippen MR) is 91.5 cm³/mol. The van der Waals surface area contributed by atoms with E-state index in [1.54, 1.807) is 17.4 Å². The molecule has 0 radical (unpaired) electrons. The largest absolute Gasteiger partial charge is 0.384 e. The molecule has 7 heteroatoms. The van der Waals surface area contributed by atoms with Crippen LogP contribution in [0.15, 0.2) is 17.2 Å². The zero-order chi connectivity index (χ0) is 16.0. The number of rotatable bonds is 2. The lowest BCUT2D eigenvalue weighted by atomic mass is 9.86. The molecule has 3 heterocycles. The van der Waals surface area contributed by atoms with Gasteiger partial charge in [0, 0.05) is 10.9 Å². The summed E-state index contributed by atoms with van der Waals surface area (Å²) in [5.41, 5.74) is 7.33. The Kier molecular flexibility index (Phi) is 3.37. The Labute approximate surface area is 136 Å². The van der Waals surface area contributed by atoms with Gasteiger partial charge in [0.05, 0.1) is 5.39 Å². The fourth-order valence-electron chi connectivity index (χ4n) is 3.22. The number of H-pyrrole nitrogens is 1. The second-order valence-electron chi connectivity index (χ2n) is 5.94. The number of nitrogens with zero attached hydrogens (tertiary/aromatic N) is 3. The summed E-state index contributed by atoms with van der Waals surface area (Å²) in [7, 11) is 0. The Balaban J connectivity index is 1.87. The van der Waals surface area contributed by atoms with Crippen molar-refractivity contribution in [1.29, 1.82) is 0 Å². The van der Waals surface area contributed by atoms with Crippen molar-refractivity contribution in [2.45, 2.75) is 32.6 Å². The Hall–Kier alpha value is -2.28. The van der Waals surface area contributed by atoms with Gasteiger partial charge >= 0.3 is 0 Å². The maximum atomic E-state index is 12.6. The molecule has 0 aliphatic heterocycles. The maximum Gasteiger partial charge on any atom is 0.260 e. The van der Waals surface area contributed by atoms with Crippen LogP contribution in [0.2, 0.25) is 0 Å². The number of fused-ring (bicyclic) bond motifs is 3. The first-order valence-electron chi connectivity index (χ1n) is 7.78. The molecule has 0 spiro atoms. The van der Waals surface area contributed by atoms with Crippen LogP contribution in [-0.4, -0.2) is 19.9 Å². The van der Waals surface area contributed by atoms with Crippen LogP contribution in [0.4, 0.5) is 5.82 Å². The summed E-state index contributed by atoms with van der Waals surface area (Å²) in [4.78, 5) is 30.2. The van der Waals surface area contributed by atoms with Crippen LogP contribution in [0, 0.1) is 5.92 Å². The molecule has 3 N–H and O–H groups in total. The van der Waals surface area contributed by atoms with E-state index in [0.29, 0.717) is 17.3 Å². The Morgan fingerprint density at radius 1 is 1.43 bits per heavy atom. The second kappa shape index (κ2) is 5.42. The van der Waals surface area contributed by atoms with Crippen molar-refractivity contribution in [2.75, 3.05) is 5.73 Å². The third-order valence-electron chi connectivity index (χ3n) is 4.53. The Morgan fingerprint density at radius 2 is 2.30 bits per heavy atom. The van der Waals surface area contributed by atoms with E-state index < -0.39 is 0 Å². The monoisotopic (exact) mass is 327 g/mol. The first-order chi connectivity index (χ1) is 11.2. The third-order valence-corrected chi connectivity index (χ3v) is 5.68. The van der Waals surface area contributed by atoms with Gasteiger partial charge in [0.25, 0.3) is 5.56 Å². The van der Waals surface area contributed by atoms with Crippen LogP contribution in [0.1, 0.15) is 30.2 Å². The summed E-state index contributed by atoms with van der Waals surface area (Å²) in [6.07, 6.45) is 5.74. The van der Waals surface area contributed by atoms with Crippen LogP contribution in [-0.2, 0) is 12.8 Å². The van der Waals surface area contributed by atoms with E-state index in [4.69, 9.17) is 5.73 Å². The highest BCUT2D eigenvalue weighted by Gasteiger charge is 2.24. The summed E-state index contributed by atoms with van der Waals surface area (Å²) in [5.74, 6) is 1.52. The van der Waals surface area contributed by atoms with Crippen molar-refractivity contribution in [1.82, 2.24) is 19.9 Å². The molecule has 4 rings (SSSR count). The van der Waals surface area contributed by atoms with Crippen molar-refractivity contribution in [3.63, 3.8) is 0 Å². The number of anilines is 1. The first-order valence-corrected chi connectivity index (χ1v) is 8.59. The summed E-state index contributed by atoms with van der Waals surface area (Å²) in [5, 5.41) is 0.755. The average molecular weight is 327 g/mol. The van der Waals surface area contributed by atoms with Crippen molar-refractivity contribution in [3.05, 3.63) is 33.2 Å². The van der Waals surface area contributed by atoms with E-state index in [1.807, 2.05) is 0 Å². The number of aryl methyl sites for hydroxylation is 1. The molecule has 1 aliphatic rings. The minimum absolute atomic E-state index is 0.0883. The lowest BCUT2D eigenvalue weighted by molar-refractivity contribution is 0.451.